The van der Waals surface area contributed by atoms with Crippen LogP contribution in [0.5, 0.6) is 0 Å². The molecule has 0 saturated carbocycles. The lowest BCUT2D eigenvalue weighted by Crippen LogP contribution is -2.38. The molecule has 2 N–H and O–H groups in total. The van der Waals surface area contributed by atoms with Crippen molar-refractivity contribution in [3.63, 3.8) is 0 Å². The minimum absolute atomic E-state index is 0.131. The summed E-state index contributed by atoms with van der Waals surface area (Å²) in [6.07, 6.45) is 0.131. The van der Waals surface area contributed by atoms with Crippen molar-refractivity contribution in [1.82, 2.24) is 0 Å². The van der Waals surface area contributed by atoms with Crippen LogP contribution in [0.4, 0.5) is 11.4 Å². The summed E-state index contributed by atoms with van der Waals surface area (Å²) in [5.74, 6) is -0.731. The molecule has 1 heterocycles. The highest BCUT2D eigenvalue weighted by atomic mass is 16.2. The highest BCUT2D eigenvalue weighted by Gasteiger charge is 2.26. The van der Waals surface area contributed by atoms with Gasteiger partial charge in [0.2, 0.25) is 11.8 Å². The molecular weight excluding hydrogens is 302 g/mol. The van der Waals surface area contributed by atoms with Crippen LogP contribution in [-0.4, -0.2) is 24.1 Å². The number of para-hydroxylation sites is 2. The standard InChI is InChI=1S/C19H19N3O2/c1-12-7-8-14(13(2)9-12)16-10-19(24)22(11-18(20)23)17-6-4-3-5-15(17)21-16/h3-9H,10-11H2,1-2H3,(H2,20,23). The lowest BCUT2D eigenvalue weighted by atomic mass is 9.99. The van der Waals surface area contributed by atoms with Gasteiger partial charge in [0.1, 0.15) is 6.54 Å². The fourth-order valence-electron chi connectivity index (χ4n) is 2.97. The van der Waals surface area contributed by atoms with E-state index in [2.05, 4.69) is 6.07 Å². The van der Waals surface area contributed by atoms with E-state index in [9.17, 15) is 9.59 Å². The molecule has 2 aromatic rings. The quantitative estimate of drug-likeness (QED) is 0.943. The number of fused-ring (bicyclic) bond motifs is 1. The SMILES string of the molecule is Cc1ccc(C2=Nc3ccccc3N(CC(N)=O)C(=O)C2)c(C)c1. The van der Waals surface area contributed by atoms with Gasteiger partial charge in [-0.05, 0) is 37.1 Å². The second-order valence-electron chi connectivity index (χ2n) is 5.99. The summed E-state index contributed by atoms with van der Waals surface area (Å²) in [5, 5.41) is 0. The lowest BCUT2D eigenvalue weighted by molar-refractivity contribution is -0.121. The summed E-state index contributed by atoms with van der Waals surface area (Å²) in [6.45, 7) is 3.89. The molecule has 0 aliphatic carbocycles. The third kappa shape index (κ3) is 3.06. The first-order valence-electron chi connectivity index (χ1n) is 7.78. The van der Waals surface area contributed by atoms with Crippen LogP contribution in [-0.2, 0) is 9.59 Å². The average Bonchev–Trinajstić information content (AvgIpc) is 2.65. The molecule has 24 heavy (non-hydrogen) atoms. The van der Waals surface area contributed by atoms with Crippen molar-refractivity contribution in [1.29, 1.82) is 0 Å². The van der Waals surface area contributed by atoms with E-state index >= 15 is 0 Å². The minimum atomic E-state index is -0.548. The van der Waals surface area contributed by atoms with Crippen LogP contribution >= 0.6 is 0 Å². The summed E-state index contributed by atoms with van der Waals surface area (Å²) in [5.41, 5.74) is 10.5. The van der Waals surface area contributed by atoms with E-state index in [-0.39, 0.29) is 18.9 Å². The predicted octanol–water partition coefficient (Wildman–Crippen LogP) is 2.65. The highest BCUT2D eigenvalue weighted by Crippen LogP contribution is 2.33. The van der Waals surface area contributed by atoms with Gasteiger partial charge in [0.25, 0.3) is 0 Å². The Morgan fingerprint density at radius 2 is 1.96 bits per heavy atom. The number of hydrogen-bond donors (Lipinski definition) is 1. The number of aryl methyl sites for hydroxylation is 2. The third-order valence-corrected chi connectivity index (χ3v) is 4.05. The number of rotatable bonds is 3. The maximum Gasteiger partial charge on any atom is 0.237 e. The van der Waals surface area contributed by atoms with Crippen molar-refractivity contribution in [2.75, 3.05) is 11.4 Å². The van der Waals surface area contributed by atoms with Gasteiger partial charge in [-0.2, -0.15) is 0 Å². The maximum absolute atomic E-state index is 12.7. The summed E-state index contributed by atoms with van der Waals surface area (Å²) >= 11 is 0. The Labute approximate surface area is 140 Å². The largest absolute Gasteiger partial charge is 0.368 e. The minimum Gasteiger partial charge on any atom is -0.368 e. The normalized spacial score (nSPS) is 14.0. The van der Waals surface area contributed by atoms with Gasteiger partial charge in [-0.15, -0.1) is 0 Å². The van der Waals surface area contributed by atoms with E-state index in [1.165, 1.54) is 4.90 Å². The van der Waals surface area contributed by atoms with Gasteiger partial charge in [-0.1, -0.05) is 35.9 Å². The molecule has 3 rings (SSSR count). The molecule has 1 aliphatic heterocycles. The first-order chi connectivity index (χ1) is 11.5. The number of aliphatic imine (C=N–C) groups is 1. The van der Waals surface area contributed by atoms with Crippen LogP contribution in [0.15, 0.2) is 47.5 Å². The zero-order valence-electron chi connectivity index (χ0n) is 13.7. The molecule has 0 spiro atoms. The Bertz CT molecular complexity index is 855. The van der Waals surface area contributed by atoms with E-state index in [0.29, 0.717) is 17.1 Å². The van der Waals surface area contributed by atoms with Gasteiger partial charge in [-0.25, -0.2) is 0 Å². The van der Waals surface area contributed by atoms with Crippen molar-refractivity contribution in [3.8, 4) is 0 Å². The van der Waals surface area contributed by atoms with Crippen LogP contribution in [0.2, 0.25) is 0 Å². The van der Waals surface area contributed by atoms with Crippen LogP contribution in [0, 0.1) is 13.8 Å². The topological polar surface area (TPSA) is 75.8 Å². The van der Waals surface area contributed by atoms with Crippen molar-refractivity contribution in [2.45, 2.75) is 20.3 Å². The Hall–Kier alpha value is -2.95. The summed E-state index contributed by atoms with van der Waals surface area (Å²) in [7, 11) is 0. The van der Waals surface area contributed by atoms with E-state index < -0.39 is 5.91 Å². The fraction of sp³-hybridized carbons (Fsp3) is 0.211. The van der Waals surface area contributed by atoms with Crippen molar-refractivity contribution < 1.29 is 9.59 Å². The van der Waals surface area contributed by atoms with Gasteiger partial charge in [0.05, 0.1) is 23.5 Å². The number of benzene rings is 2. The summed E-state index contributed by atoms with van der Waals surface area (Å²) < 4.78 is 0. The molecule has 1 aliphatic rings. The number of nitrogens with zero attached hydrogens (tertiary/aromatic N) is 2. The zero-order chi connectivity index (χ0) is 17.3. The van der Waals surface area contributed by atoms with Gasteiger partial charge in [0.15, 0.2) is 0 Å². The summed E-state index contributed by atoms with van der Waals surface area (Å²) in [4.78, 5) is 30.2. The van der Waals surface area contributed by atoms with E-state index in [1.54, 1.807) is 6.07 Å². The number of anilines is 1. The molecule has 0 radical (unpaired) electrons. The van der Waals surface area contributed by atoms with Gasteiger partial charge in [-0.3, -0.25) is 14.6 Å². The Morgan fingerprint density at radius 3 is 2.67 bits per heavy atom. The smallest absolute Gasteiger partial charge is 0.237 e. The van der Waals surface area contributed by atoms with Crippen LogP contribution in [0.1, 0.15) is 23.1 Å². The van der Waals surface area contributed by atoms with E-state index in [1.807, 2.05) is 44.2 Å². The second-order valence-corrected chi connectivity index (χ2v) is 5.99. The molecule has 5 heteroatoms. The average molecular weight is 321 g/mol. The Balaban J connectivity index is 2.11. The predicted molar refractivity (Wildman–Crippen MR) is 94.7 cm³/mol. The second kappa shape index (κ2) is 6.28. The molecule has 0 aromatic heterocycles. The molecule has 0 bridgehead atoms. The first-order valence-corrected chi connectivity index (χ1v) is 7.78. The van der Waals surface area contributed by atoms with Gasteiger partial charge in [0, 0.05) is 0 Å². The molecule has 0 fully saturated rings. The fourth-order valence-corrected chi connectivity index (χ4v) is 2.97. The molecule has 0 atom stereocenters. The molecule has 2 aromatic carbocycles. The van der Waals surface area contributed by atoms with Gasteiger partial charge < -0.3 is 10.6 Å². The molecular formula is C19H19N3O2. The molecule has 5 nitrogen and oxygen atoms in total. The Kier molecular flexibility index (Phi) is 4.16. The maximum atomic E-state index is 12.7. The number of carbonyl (C=O) groups excluding carboxylic acids is 2. The van der Waals surface area contributed by atoms with Crippen LogP contribution in [0.25, 0.3) is 0 Å². The zero-order valence-corrected chi connectivity index (χ0v) is 13.7. The molecule has 0 unspecified atom stereocenters. The lowest BCUT2D eigenvalue weighted by Gasteiger charge is -2.20. The number of hydrogen-bond acceptors (Lipinski definition) is 3. The van der Waals surface area contributed by atoms with Gasteiger partial charge >= 0.3 is 0 Å². The van der Waals surface area contributed by atoms with E-state index in [0.717, 1.165) is 16.7 Å². The van der Waals surface area contributed by atoms with E-state index in [4.69, 9.17) is 10.7 Å². The molecule has 122 valence electrons. The van der Waals surface area contributed by atoms with Crippen molar-refractivity contribution in [2.24, 2.45) is 10.7 Å². The number of primary amides is 1. The number of nitrogens with two attached hydrogens (primary N) is 1. The van der Waals surface area contributed by atoms with Crippen LogP contribution < -0.4 is 10.6 Å². The molecule has 0 saturated heterocycles. The highest BCUT2D eigenvalue weighted by molar-refractivity contribution is 6.18. The van der Waals surface area contributed by atoms with Crippen molar-refractivity contribution in [3.05, 3.63) is 59.2 Å². The Morgan fingerprint density at radius 1 is 1.21 bits per heavy atom. The monoisotopic (exact) mass is 321 g/mol. The molecule has 2 amide bonds. The first kappa shape index (κ1) is 15.9. The third-order valence-electron chi connectivity index (χ3n) is 4.05. The number of carbonyl (C=O) groups is 2. The van der Waals surface area contributed by atoms with Crippen molar-refractivity contribution >= 4 is 28.9 Å². The van der Waals surface area contributed by atoms with Crippen LogP contribution in [0.3, 0.4) is 0 Å². The summed E-state index contributed by atoms with van der Waals surface area (Å²) in [6, 6.07) is 13.4. The number of amides is 2.